The normalized spacial score (nSPS) is 11.2. The predicted octanol–water partition coefficient (Wildman–Crippen LogP) is 19.9. The highest BCUT2D eigenvalue weighted by molar-refractivity contribution is 6.17. The summed E-state index contributed by atoms with van der Waals surface area (Å²) in [7, 11) is 0. The van der Waals surface area contributed by atoms with Gasteiger partial charge >= 0.3 is 0 Å². The summed E-state index contributed by atoms with van der Waals surface area (Å²) >= 11 is 0. The Morgan fingerprint density at radius 1 is 0.216 bits per heavy atom. The number of para-hydroxylation sites is 1. The van der Waals surface area contributed by atoms with Crippen molar-refractivity contribution in [3.05, 3.63) is 303 Å². The van der Waals surface area contributed by atoms with Gasteiger partial charge in [-0.25, -0.2) is 0 Å². The molecular weight excluding hydrogens is 893 g/mol. The van der Waals surface area contributed by atoms with Crippen molar-refractivity contribution in [3.8, 4) is 83.6 Å². The molecule has 74 heavy (non-hydrogen) atoms. The van der Waals surface area contributed by atoms with E-state index in [2.05, 4.69) is 313 Å². The molecule has 2 heteroatoms. The van der Waals surface area contributed by atoms with Crippen LogP contribution in [0.25, 0.3) is 105 Å². The first-order valence-corrected chi connectivity index (χ1v) is 25.4. The van der Waals surface area contributed by atoms with E-state index < -0.39 is 0 Å². The lowest BCUT2D eigenvalue weighted by molar-refractivity contribution is 1.18. The van der Waals surface area contributed by atoms with Crippen molar-refractivity contribution < 1.29 is 0 Å². The largest absolute Gasteiger partial charge is 0.310 e. The van der Waals surface area contributed by atoms with Crippen LogP contribution >= 0.6 is 0 Å². The Balaban J connectivity index is 0.957. The lowest BCUT2D eigenvalue weighted by atomic mass is 9.93. The van der Waals surface area contributed by atoms with Crippen molar-refractivity contribution in [1.29, 1.82) is 0 Å². The van der Waals surface area contributed by atoms with Crippen LogP contribution in [0.4, 0.5) is 17.1 Å². The van der Waals surface area contributed by atoms with Gasteiger partial charge in [0, 0.05) is 33.5 Å². The minimum atomic E-state index is 1.07. The highest BCUT2D eigenvalue weighted by Gasteiger charge is 2.21. The molecule has 0 radical (unpaired) electrons. The van der Waals surface area contributed by atoms with Crippen LogP contribution < -0.4 is 4.90 Å². The summed E-state index contributed by atoms with van der Waals surface area (Å²) in [6.07, 6.45) is 0. The maximum absolute atomic E-state index is 2.46. The van der Waals surface area contributed by atoms with E-state index in [4.69, 9.17) is 0 Å². The molecule has 2 nitrogen and oxygen atoms in total. The molecule has 13 rings (SSSR count). The van der Waals surface area contributed by atoms with Crippen molar-refractivity contribution in [1.82, 2.24) is 4.57 Å². The van der Waals surface area contributed by atoms with Gasteiger partial charge in [0.2, 0.25) is 0 Å². The number of hydrogen-bond acceptors (Lipinski definition) is 1. The molecule has 0 N–H and O–H groups in total. The van der Waals surface area contributed by atoms with E-state index in [1.807, 2.05) is 0 Å². The van der Waals surface area contributed by atoms with E-state index in [-0.39, 0.29) is 0 Å². The average Bonchev–Trinajstić information content (AvgIpc) is 3.82. The monoisotopic (exact) mass is 942 g/mol. The fourth-order valence-electron chi connectivity index (χ4n) is 10.7. The molecule has 0 spiro atoms. The maximum Gasteiger partial charge on any atom is 0.0553 e. The fraction of sp³-hybridized carbons (Fsp3) is 0. The fourth-order valence-corrected chi connectivity index (χ4v) is 10.7. The molecule has 0 aliphatic carbocycles. The van der Waals surface area contributed by atoms with Gasteiger partial charge in [0.05, 0.1) is 11.0 Å². The molecule has 0 saturated carbocycles. The average molecular weight is 943 g/mol. The Labute approximate surface area is 433 Å². The van der Waals surface area contributed by atoms with E-state index in [0.29, 0.717) is 0 Å². The number of fused-ring (bicyclic) bond motifs is 3. The molecule has 0 amide bonds. The summed E-state index contributed by atoms with van der Waals surface area (Å²) in [4.78, 5) is 2.39. The van der Waals surface area contributed by atoms with Gasteiger partial charge in [-0.05, 0) is 145 Å². The lowest BCUT2D eigenvalue weighted by Crippen LogP contribution is -2.10. The smallest absolute Gasteiger partial charge is 0.0553 e. The van der Waals surface area contributed by atoms with Crippen LogP contribution in [-0.4, -0.2) is 4.57 Å². The highest BCUT2D eigenvalue weighted by atomic mass is 15.1. The molecule has 0 fully saturated rings. The summed E-state index contributed by atoms with van der Waals surface area (Å²) in [5, 5.41) is 2.43. The number of aromatic nitrogens is 1. The van der Waals surface area contributed by atoms with Crippen molar-refractivity contribution >= 4 is 38.9 Å². The van der Waals surface area contributed by atoms with Gasteiger partial charge in [0.15, 0.2) is 0 Å². The molecule has 1 heterocycles. The number of nitrogens with zero attached hydrogens (tertiary/aromatic N) is 2. The van der Waals surface area contributed by atoms with E-state index in [1.54, 1.807) is 0 Å². The second-order valence-electron chi connectivity index (χ2n) is 18.9. The SMILES string of the molecule is c1ccc(-c2ccc(-c3ccc(N(c4ccc(-c5ccc(-c6ccccc6)cc5)cc4)c4cccc(-c5cc(-c6ccccc6)cc6c5c5ccc(-c7ccccc7)cc5n6-c5ccccc5)c4)cc3)cc2)cc1. The van der Waals surface area contributed by atoms with Gasteiger partial charge in [0.1, 0.15) is 0 Å². The third kappa shape index (κ3) is 8.55. The number of hydrogen-bond donors (Lipinski definition) is 0. The van der Waals surface area contributed by atoms with Crippen LogP contribution in [0, 0.1) is 0 Å². The highest BCUT2D eigenvalue weighted by Crippen LogP contribution is 2.45. The molecule has 1 aromatic heterocycles. The molecule has 0 saturated heterocycles. The van der Waals surface area contributed by atoms with Crippen LogP contribution in [0.1, 0.15) is 0 Å². The first-order chi connectivity index (χ1) is 36.7. The van der Waals surface area contributed by atoms with Crippen LogP contribution in [0.5, 0.6) is 0 Å². The lowest BCUT2D eigenvalue weighted by Gasteiger charge is -2.26. The summed E-state index contributed by atoms with van der Waals surface area (Å²) in [6.45, 7) is 0. The van der Waals surface area contributed by atoms with Crippen molar-refractivity contribution in [2.75, 3.05) is 4.90 Å². The van der Waals surface area contributed by atoms with Crippen molar-refractivity contribution in [3.63, 3.8) is 0 Å². The molecule has 13 aromatic rings. The molecule has 0 atom stereocenters. The van der Waals surface area contributed by atoms with Crippen molar-refractivity contribution in [2.45, 2.75) is 0 Å². The zero-order chi connectivity index (χ0) is 49.2. The van der Waals surface area contributed by atoms with E-state index in [9.17, 15) is 0 Å². The minimum Gasteiger partial charge on any atom is -0.310 e. The first-order valence-electron chi connectivity index (χ1n) is 25.4. The number of rotatable bonds is 11. The summed E-state index contributed by atoms with van der Waals surface area (Å²) in [5.41, 5.74) is 23.3. The molecule has 348 valence electrons. The zero-order valence-corrected chi connectivity index (χ0v) is 40.8. The molecule has 0 unspecified atom stereocenters. The third-order valence-electron chi connectivity index (χ3n) is 14.4. The minimum absolute atomic E-state index is 1.07. The number of benzene rings is 12. The Morgan fingerprint density at radius 3 is 1.03 bits per heavy atom. The van der Waals surface area contributed by atoms with Gasteiger partial charge in [-0.15, -0.1) is 0 Å². The number of anilines is 3. The van der Waals surface area contributed by atoms with E-state index in [0.717, 1.165) is 33.8 Å². The quantitative estimate of drug-likeness (QED) is 0.125. The maximum atomic E-state index is 2.46. The third-order valence-corrected chi connectivity index (χ3v) is 14.4. The summed E-state index contributed by atoms with van der Waals surface area (Å²) in [5.74, 6) is 0. The van der Waals surface area contributed by atoms with Crippen LogP contribution in [0.3, 0.4) is 0 Å². The first kappa shape index (κ1) is 44.2. The van der Waals surface area contributed by atoms with Crippen LogP contribution in [0.2, 0.25) is 0 Å². The topological polar surface area (TPSA) is 8.17 Å². The van der Waals surface area contributed by atoms with Crippen LogP contribution in [-0.2, 0) is 0 Å². The van der Waals surface area contributed by atoms with Gasteiger partial charge < -0.3 is 9.47 Å². The van der Waals surface area contributed by atoms with Gasteiger partial charge in [-0.1, -0.05) is 237 Å². The Hall–Kier alpha value is -9.76. The zero-order valence-electron chi connectivity index (χ0n) is 40.8. The Kier molecular flexibility index (Phi) is 11.6. The molecule has 0 aliphatic heterocycles. The summed E-state index contributed by atoms with van der Waals surface area (Å²) in [6, 6.07) is 110. The van der Waals surface area contributed by atoms with Gasteiger partial charge in [-0.3, -0.25) is 0 Å². The van der Waals surface area contributed by atoms with Gasteiger partial charge in [-0.2, -0.15) is 0 Å². The summed E-state index contributed by atoms with van der Waals surface area (Å²) < 4.78 is 2.46. The Morgan fingerprint density at radius 2 is 0.568 bits per heavy atom. The van der Waals surface area contributed by atoms with Gasteiger partial charge in [0.25, 0.3) is 0 Å². The van der Waals surface area contributed by atoms with E-state index in [1.165, 1.54) is 88.6 Å². The van der Waals surface area contributed by atoms with Crippen molar-refractivity contribution in [2.24, 2.45) is 0 Å². The molecular formula is C72H50N2. The second kappa shape index (κ2) is 19.4. The Bertz CT molecular complexity index is 3910. The molecule has 12 aromatic carbocycles. The second-order valence-corrected chi connectivity index (χ2v) is 18.9. The predicted molar refractivity (Wildman–Crippen MR) is 314 cm³/mol. The van der Waals surface area contributed by atoms with Crippen LogP contribution in [0.15, 0.2) is 303 Å². The van der Waals surface area contributed by atoms with E-state index >= 15 is 0 Å². The molecule has 0 aliphatic rings. The molecule has 0 bridgehead atoms. The standard InChI is InChI=1S/C72H50N2/c1-6-17-51(18-7-1)55-29-33-57(34-30-55)59-37-42-65(43-38-59)73(66-44-39-60(40-45-66)58-35-31-56(32-36-58)52-19-8-2-9-20-52)67-28-16-25-62(47-67)69-48-63(54-23-12-4-13-24-54)50-71-72(69)68-46-41-61(53-21-10-3-11-22-53)49-70(68)74(71)64-26-14-5-15-27-64/h1-50H.